The second-order valence-corrected chi connectivity index (χ2v) is 10.2. The molecule has 0 saturated heterocycles. The first-order valence-corrected chi connectivity index (χ1v) is 12.3. The van der Waals surface area contributed by atoms with E-state index in [0.717, 1.165) is 11.1 Å². The van der Waals surface area contributed by atoms with Crippen LogP contribution < -0.4 is 10.1 Å². The maximum atomic E-state index is 13.6. The van der Waals surface area contributed by atoms with Crippen molar-refractivity contribution in [2.24, 2.45) is 0 Å². The number of para-hydroxylation sites is 2. The van der Waals surface area contributed by atoms with Crippen LogP contribution in [0.3, 0.4) is 0 Å². The molecule has 0 unspecified atom stereocenters. The number of rotatable bonds is 7. The summed E-state index contributed by atoms with van der Waals surface area (Å²) in [5, 5.41) is 14.3. The number of benzene rings is 3. The van der Waals surface area contributed by atoms with Gasteiger partial charge in [0.25, 0.3) is 0 Å². The molecule has 1 atom stereocenters. The lowest BCUT2D eigenvalue weighted by atomic mass is 9.77. The quantitative estimate of drug-likeness (QED) is 0.236. The average Bonchev–Trinajstić information content (AvgIpc) is 2.87. The van der Waals surface area contributed by atoms with Crippen LogP contribution in [0.1, 0.15) is 43.9 Å². The first kappa shape index (κ1) is 26.7. The fourth-order valence-corrected chi connectivity index (χ4v) is 4.38. The van der Waals surface area contributed by atoms with Crippen LogP contribution >= 0.6 is 0 Å². The fraction of sp³-hybridized carbons (Fsp3) is 0.310. The zero-order valence-electron chi connectivity index (χ0n) is 21.6. The Bertz CT molecular complexity index is 1330. The molecule has 1 N–H and O–H groups in total. The summed E-state index contributed by atoms with van der Waals surface area (Å²) in [6.45, 7) is 5.25. The summed E-state index contributed by atoms with van der Waals surface area (Å²) in [5.41, 5.74) is 0.00721. The number of nitro groups is 1. The summed E-state index contributed by atoms with van der Waals surface area (Å²) in [4.78, 5) is 37.5. The van der Waals surface area contributed by atoms with E-state index in [1.807, 2.05) is 36.4 Å². The number of esters is 1. The van der Waals surface area contributed by atoms with Gasteiger partial charge in [-0.2, -0.15) is 0 Å². The van der Waals surface area contributed by atoms with Crippen LogP contribution in [0, 0.1) is 10.1 Å². The van der Waals surface area contributed by atoms with Crippen LogP contribution in [-0.2, 0) is 33.7 Å². The summed E-state index contributed by atoms with van der Waals surface area (Å²) in [5.74, 6) is -0.157. The SMILES string of the molecule is CC(C)(C)OC(=O)N[C@]1(C(=O)OCc2ccccc2)CCc2cccc(Oc3ccccc3[N+](=O)[O-])c2C1. The highest BCUT2D eigenvalue weighted by Crippen LogP contribution is 2.39. The molecule has 1 aliphatic carbocycles. The Kier molecular flexibility index (Phi) is 7.66. The molecule has 3 aromatic carbocycles. The first-order chi connectivity index (χ1) is 18.1. The lowest BCUT2D eigenvalue weighted by Crippen LogP contribution is -2.59. The first-order valence-electron chi connectivity index (χ1n) is 12.3. The highest BCUT2D eigenvalue weighted by molar-refractivity contribution is 5.87. The Morgan fingerprint density at radius 1 is 0.974 bits per heavy atom. The third kappa shape index (κ3) is 6.29. The molecule has 0 aliphatic heterocycles. The summed E-state index contributed by atoms with van der Waals surface area (Å²) < 4.78 is 17.2. The number of hydrogen-bond acceptors (Lipinski definition) is 7. The summed E-state index contributed by atoms with van der Waals surface area (Å²) in [6.07, 6.45) is 0.0442. The minimum Gasteiger partial charge on any atom is -0.459 e. The summed E-state index contributed by atoms with van der Waals surface area (Å²) in [6, 6.07) is 20.7. The van der Waals surface area contributed by atoms with Crippen LogP contribution in [0.5, 0.6) is 11.5 Å². The smallest absolute Gasteiger partial charge is 0.408 e. The predicted octanol–water partition coefficient (Wildman–Crippen LogP) is 5.88. The molecule has 0 fully saturated rings. The standard InChI is InChI=1S/C29H30N2O7/c1-28(2,3)38-27(33)30-29(26(32)36-19-20-10-5-4-6-11-20)17-16-21-12-9-15-24(22(21)18-29)37-25-14-8-7-13-23(25)31(34)35/h4-15H,16-19H2,1-3H3,(H,30,33)/t29-/m1/s1. The molecule has 1 aliphatic rings. The molecule has 0 aromatic heterocycles. The number of hydrogen-bond donors (Lipinski definition) is 1. The molecule has 4 rings (SSSR count). The number of ether oxygens (including phenoxy) is 3. The Morgan fingerprint density at radius 3 is 2.37 bits per heavy atom. The summed E-state index contributed by atoms with van der Waals surface area (Å²) in [7, 11) is 0. The van der Waals surface area contributed by atoms with Crippen molar-refractivity contribution in [1.82, 2.24) is 5.32 Å². The van der Waals surface area contributed by atoms with E-state index in [1.54, 1.807) is 45.0 Å². The van der Waals surface area contributed by atoms with Crippen LogP contribution in [0.4, 0.5) is 10.5 Å². The predicted molar refractivity (Wildman–Crippen MR) is 140 cm³/mol. The second-order valence-electron chi connectivity index (χ2n) is 10.2. The van der Waals surface area contributed by atoms with Gasteiger partial charge in [-0.15, -0.1) is 0 Å². The van der Waals surface area contributed by atoms with Crippen molar-refractivity contribution in [3.63, 3.8) is 0 Å². The third-order valence-electron chi connectivity index (χ3n) is 6.16. The van der Waals surface area contributed by atoms with E-state index < -0.39 is 28.1 Å². The number of amides is 1. The normalized spacial score (nSPS) is 16.6. The molecule has 0 spiro atoms. The van der Waals surface area contributed by atoms with E-state index >= 15 is 0 Å². The van der Waals surface area contributed by atoms with Gasteiger partial charge >= 0.3 is 17.7 Å². The van der Waals surface area contributed by atoms with Crippen LogP contribution in [-0.4, -0.2) is 28.1 Å². The zero-order valence-corrected chi connectivity index (χ0v) is 21.6. The van der Waals surface area contributed by atoms with E-state index in [1.165, 1.54) is 12.1 Å². The van der Waals surface area contributed by atoms with Crippen molar-refractivity contribution < 1.29 is 28.7 Å². The number of alkyl carbamates (subject to hydrolysis) is 1. The summed E-state index contributed by atoms with van der Waals surface area (Å²) >= 11 is 0. The second kappa shape index (κ2) is 10.9. The van der Waals surface area contributed by atoms with Crippen molar-refractivity contribution >= 4 is 17.7 Å². The van der Waals surface area contributed by atoms with E-state index in [2.05, 4.69) is 5.32 Å². The fourth-order valence-electron chi connectivity index (χ4n) is 4.38. The van der Waals surface area contributed by atoms with Gasteiger partial charge in [0.2, 0.25) is 5.75 Å². The van der Waals surface area contributed by atoms with Crippen molar-refractivity contribution in [3.05, 3.63) is 99.6 Å². The lowest BCUT2D eigenvalue weighted by molar-refractivity contribution is -0.385. The topological polar surface area (TPSA) is 117 Å². The molecule has 0 heterocycles. The molecular weight excluding hydrogens is 488 g/mol. The molecule has 0 bridgehead atoms. The van der Waals surface area contributed by atoms with Crippen LogP contribution in [0.25, 0.3) is 0 Å². The van der Waals surface area contributed by atoms with Gasteiger partial charge < -0.3 is 19.5 Å². The minimum atomic E-state index is -1.42. The Morgan fingerprint density at radius 2 is 1.66 bits per heavy atom. The van der Waals surface area contributed by atoms with Gasteiger partial charge in [0, 0.05) is 18.1 Å². The van der Waals surface area contributed by atoms with E-state index in [-0.39, 0.29) is 30.9 Å². The zero-order chi connectivity index (χ0) is 27.3. The number of fused-ring (bicyclic) bond motifs is 1. The number of carbonyl (C=O) groups excluding carboxylic acids is 2. The Balaban J connectivity index is 1.66. The van der Waals surface area contributed by atoms with Gasteiger partial charge in [0.1, 0.15) is 23.5 Å². The number of carbonyl (C=O) groups is 2. The van der Waals surface area contributed by atoms with E-state index in [9.17, 15) is 19.7 Å². The van der Waals surface area contributed by atoms with Crippen molar-refractivity contribution in [1.29, 1.82) is 0 Å². The highest BCUT2D eigenvalue weighted by Gasteiger charge is 2.46. The number of nitrogens with one attached hydrogen (secondary N) is 1. The Labute approximate surface area is 220 Å². The number of aryl methyl sites for hydroxylation is 1. The largest absolute Gasteiger partial charge is 0.459 e. The van der Waals surface area contributed by atoms with E-state index in [4.69, 9.17) is 14.2 Å². The number of nitro benzene ring substituents is 1. The molecule has 9 heteroatoms. The van der Waals surface area contributed by atoms with Gasteiger partial charge in [0.05, 0.1) is 4.92 Å². The molecule has 198 valence electrons. The number of nitrogens with zero attached hydrogens (tertiary/aromatic N) is 1. The molecule has 0 radical (unpaired) electrons. The van der Waals surface area contributed by atoms with Crippen molar-refractivity contribution in [3.8, 4) is 11.5 Å². The molecular formula is C29H30N2O7. The Hall–Kier alpha value is -4.40. The van der Waals surface area contributed by atoms with Crippen molar-refractivity contribution in [2.75, 3.05) is 0 Å². The van der Waals surface area contributed by atoms with Crippen molar-refractivity contribution in [2.45, 2.75) is 57.8 Å². The minimum absolute atomic E-state index is 0.0403. The van der Waals surface area contributed by atoms with Gasteiger partial charge in [0.15, 0.2) is 0 Å². The molecule has 0 saturated carbocycles. The maximum Gasteiger partial charge on any atom is 0.408 e. The van der Waals surface area contributed by atoms with Gasteiger partial charge in [-0.05, 0) is 56.9 Å². The van der Waals surface area contributed by atoms with Crippen LogP contribution in [0.15, 0.2) is 72.8 Å². The average molecular weight is 519 g/mol. The molecule has 38 heavy (non-hydrogen) atoms. The van der Waals surface area contributed by atoms with Gasteiger partial charge in [-0.25, -0.2) is 9.59 Å². The highest BCUT2D eigenvalue weighted by atomic mass is 16.6. The third-order valence-corrected chi connectivity index (χ3v) is 6.16. The monoisotopic (exact) mass is 518 g/mol. The molecule has 1 amide bonds. The maximum absolute atomic E-state index is 13.6. The van der Waals surface area contributed by atoms with E-state index in [0.29, 0.717) is 17.7 Å². The molecule has 3 aromatic rings. The van der Waals surface area contributed by atoms with Gasteiger partial charge in [-0.3, -0.25) is 10.1 Å². The molecule has 9 nitrogen and oxygen atoms in total. The lowest BCUT2D eigenvalue weighted by Gasteiger charge is -2.37. The van der Waals surface area contributed by atoms with Crippen LogP contribution in [0.2, 0.25) is 0 Å². The van der Waals surface area contributed by atoms with Gasteiger partial charge in [-0.1, -0.05) is 54.6 Å².